The molecule has 0 spiro atoms. The van der Waals surface area contributed by atoms with Crippen LogP contribution in [0.25, 0.3) is 0 Å². The quantitative estimate of drug-likeness (QED) is 0.861. The molecule has 1 aromatic carbocycles. The fourth-order valence-electron chi connectivity index (χ4n) is 1.18. The van der Waals surface area contributed by atoms with Gasteiger partial charge >= 0.3 is 0 Å². The van der Waals surface area contributed by atoms with E-state index in [0.717, 1.165) is 11.3 Å². The third kappa shape index (κ3) is 3.74. The number of halogens is 2. The van der Waals surface area contributed by atoms with Crippen LogP contribution >= 0.6 is 23.2 Å². The van der Waals surface area contributed by atoms with Gasteiger partial charge in [0.15, 0.2) is 0 Å². The van der Waals surface area contributed by atoms with Crippen molar-refractivity contribution in [2.24, 2.45) is 0 Å². The lowest BCUT2D eigenvalue weighted by Gasteiger charge is -2.11. The molecule has 0 unspecified atom stereocenters. The van der Waals surface area contributed by atoms with Crippen LogP contribution in [0.15, 0.2) is 29.8 Å². The van der Waals surface area contributed by atoms with Crippen LogP contribution in [0.4, 0.5) is 0 Å². The Hall–Kier alpha value is -0.700. The highest BCUT2D eigenvalue weighted by Crippen LogP contribution is 2.26. The Bertz CT molecular complexity index is 352. The summed E-state index contributed by atoms with van der Waals surface area (Å²) in [7, 11) is 1.85. The lowest BCUT2D eigenvalue weighted by atomic mass is 10.2. The molecule has 0 saturated heterocycles. The maximum absolute atomic E-state index is 6.05. The Kier molecular flexibility index (Phi) is 4.95. The first-order chi connectivity index (χ1) is 7.15. The average Bonchev–Trinajstić information content (AvgIpc) is 2.19. The Balaban J connectivity index is 2.85. The Morgan fingerprint density at radius 3 is 2.87 bits per heavy atom. The number of hydrogen-bond donors (Lipinski definition) is 1. The highest BCUT2D eigenvalue weighted by atomic mass is 35.5. The van der Waals surface area contributed by atoms with E-state index in [1.165, 1.54) is 0 Å². The van der Waals surface area contributed by atoms with Crippen molar-refractivity contribution in [1.82, 2.24) is 5.32 Å². The molecular formula is C11H13Cl2NO. The minimum Gasteiger partial charge on any atom is -0.488 e. The minimum atomic E-state index is 0.290. The third-order valence-electron chi connectivity index (χ3n) is 1.81. The summed E-state index contributed by atoms with van der Waals surface area (Å²) >= 11 is 11.7. The van der Waals surface area contributed by atoms with E-state index >= 15 is 0 Å². The minimum absolute atomic E-state index is 0.290. The summed E-state index contributed by atoms with van der Waals surface area (Å²) < 4.78 is 5.48. The number of ether oxygens (including phenoxy) is 1. The van der Waals surface area contributed by atoms with Crippen molar-refractivity contribution in [1.29, 1.82) is 0 Å². The SMILES string of the molecule is C=C(Cl)COc1cccc(Cl)c1CNC. The van der Waals surface area contributed by atoms with Gasteiger partial charge in [0.1, 0.15) is 12.4 Å². The zero-order valence-corrected chi connectivity index (χ0v) is 10.0. The first-order valence-electron chi connectivity index (χ1n) is 4.53. The predicted octanol–water partition coefficient (Wildman–Crippen LogP) is 3.19. The zero-order chi connectivity index (χ0) is 11.3. The van der Waals surface area contributed by atoms with E-state index < -0.39 is 0 Å². The molecule has 0 aliphatic rings. The van der Waals surface area contributed by atoms with Crippen molar-refractivity contribution in [2.45, 2.75) is 6.54 Å². The van der Waals surface area contributed by atoms with Crippen LogP contribution in [0, 0.1) is 0 Å². The summed E-state index contributed by atoms with van der Waals surface area (Å²) in [5, 5.41) is 4.18. The van der Waals surface area contributed by atoms with Gasteiger partial charge in [0.05, 0.1) is 0 Å². The molecule has 82 valence electrons. The Morgan fingerprint density at radius 2 is 2.27 bits per heavy atom. The molecule has 0 amide bonds. The molecule has 0 bridgehead atoms. The Morgan fingerprint density at radius 1 is 1.53 bits per heavy atom. The van der Waals surface area contributed by atoms with Crippen LogP contribution in [0.2, 0.25) is 5.02 Å². The second-order valence-corrected chi connectivity index (χ2v) is 3.99. The molecule has 4 heteroatoms. The molecule has 15 heavy (non-hydrogen) atoms. The first-order valence-corrected chi connectivity index (χ1v) is 5.28. The summed E-state index contributed by atoms with van der Waals surface area (Å²) in [6, 6.07) is 5.53. The highest BCUT2D eigenvalue weighted by molar-refractivity contribution is 6.31. The van der Waals surface area contributed by atoms with Crippen molar-refractivity contribution in [3.8, 4) is 5.75 Å². The van der Waals surface area contributed by atoms with Crippen LogP contribution in [0.1, 0.15) is 5.56 Å². The largest absolute Gasteiger partial charge is 0.488 e. The summed E-state index contributed by atoms with van der Waals surface area (Å²) in [5.74, 6) is 0.735. The molecule has 0 saturated carbocycles. The molecule has 2 nitrogen and oxygen atoms in total. The van der Waals surface area contributed by atoms with Gasteiger partial charge in [0.25, 0.3) is 0 Å². The van der Waals surface area contributed by atoms with Crippen LogP contribution < -0.4 is 10.1 Å². The summed E-state index contributed by atoms with van der Waals surface area (Å²) in [6.45, 7) is 4.51. The first kappa shape index (κ1) is 12.4. The molecule has 0 aliphatic heterocycles. The normalized spacial score (nSPS) is 10.1. The monoisotopic (exact) mass is 245 g/mol. The van der Waals surface area contributed by atoms with Crippen molar-refractivity contribution < 1.29 is 4.74 Å². The van der Waals surface area contributed by atoms with Gasteiger partial charge in [0, 0.05) is 22.2 Å². The van der Waals surface area contributed by atoms with Gasteiger partial charge < -0.3 is 10.1 Å². The van der Waals surface area contributed by atoms with Crippen LogP contribution in [-0.4, -0.2) is 13.7 Å². The highest BCUT2D eigenvalue weighted by Gasteiger charge is 2.07. The van der Waals surface area contributed by atoms with Gasteiger partial charge in [-0.25, -0.2) is 0 Å². The number of rotatable bonds is 5. The smallest absolute Gasteiger partial charge is 0.125 e. The number of hydrogen-bond acceptors (Lipinski definition) is 2. The van der Waals surface area contributed by atoms with Gasteiger partial charge in [0.2, 0.25) is 0 Å². The Labute approximate surface area is 99.8 Å². The van der Waals surface area contributed by atoms with E-state index in [2.05, 4.69) is 11.9 Å². The summed E-state index contributed by atoms with van der Waals surface area (Å²) in [6.07, 6.45) is 0. The van der Waals surface area contributed by atoms with Crippen molar-refractivity contribution in [3.05, 3.63) is 40.4 Å². The maximum Gasteiger partial charge on any atom is 0.125 e. The van der Waals surface area contributed by atoms with E-state index in [9.17, 15) is 0 Å². The molecular weight excluding hydrogens is 233 g/mol. The van der Waals surface area contributed by atoms with Crippen LogP contribution in [-0.2, 0) is 6.54 Å². The molecule has 0 aliphatic carbocycles. The van der Waals surface area contributed by atoms with E-state index in [4.69, 9.17) is 27.9 Å². The predicted molar refractivity (Wildman–Crippen MR) is 64.7 cm³/mol. The molecule has 0 heterocycles. The molecule has 0 fully saturated rings. The lowest BCUT2D eigenvalue weighted by Crippen LogP contribution is -2.08. The zero-order valence-electron chi connectivity index (χ0n) is 8.52. The number of nitrogens with one attached hydrogen (secondary N) is 1. The molecule has 1 N–H and O–H groups in total. The maximum atomic E-state index is 6.05. The van der Waals surface area contributed by atoms with Crippen LogP contribution in [0.3, 0.4) is 0 Å². The van der Waals surface area contributed by atoms with E-state index in [1.54, 1.807) is 0 Å². The van der Waals surface area contributed by atoms with Gasteiger partial charge in [-0.2, -0.15) is 0 Å². The summed E-state index contributed by atoms with van der Waals surface area (Å²) in [4.78, 5) is 0. The van der Waals surface area contributed by atoms with Crippen molar-refractivity contribution >= 4 is 23.2 Å². The fraction of sp³-hybridized carbons (Fsp3) is 0.273. The summed E-state index contributed by atoms with van der Waals surface area (Å²) in [5.41, 5.74) is 0.930. The number of benzene rings is 1. The van der Waals surface area contributed by atoms with Gasteiger partial charge in [-0.3, -0.25) is 0 Å². The van der Waals surface area contributed by atoms with E-state index in [-0.39, 0.29) is 0 Å². The second-order valence-electron chi connectivity index (χ2n) is 3.05. The van der Waals surface area contributed by atoms with E-state index in [0.29, 0.717) is 23.2 Å². The topological polar surface area (TPSA) is 21.3 Å². The van der Waals surface area contributed by atoms with Crippen molar-refractivity contribution in [2.75, 3.05) is 13.7 Å². The fourth-order valence-corrected chi connectivity index (χ4v) is 1.47. The lowest BCUT2D eigenvalue weighted by molar-refractivity contribution is 0.355. The van der Waals surface area contributed by atoms with E-state index in [1.807, 2.05) is 25.2 Å². The molecule has 0 aromatic heterocycles. The van der Waals surface area contributed by atoms with Crippen LogP contribution in [0.5, 0.6) is 5.75 Å². The molecule has 0 radical (unpaired) electrons. The van der Waals surface area contributed by atoms with Gasteiger partial charge in [-0.15, -0.1) is 0 Å². The van der Waals surface area contributed by atoms with Gasteiger partial charge in [-0.1, -0.05) is 35.8 Å². The van der Waals surface area contributed by atoms with Gasteiger partial charge in [-0.05, 0) is 19.2 Å². The standard InChI is InChI=1S/C11H13Cl2NO/c1-8(12)7-15-11-5-3-4-10(13)9(11)6-14-2/h3-5,14H,1,6-7H2,2H3. The van der Waals surface area contributed by atoms with Crippen molar-refractivity contribution in [3.63, 3.8) is 0 Å². The average molecular weight is 246 g/mol. The second kappa shape index (κ2) is 6.01. The molecule has 0 atom stereocenters. The molecule has 1 aromatic rings. The molecule has 1 rings (SSSR count). The third-order valence-corrected chi connectivity index (χ3v) is 2.28.